The van der Waals surface area contributed by atoms with Crippen LogP contribution in [0, 0.1) is 9.39 Å². The molecule has 2 aromatic rings. The third kappa shape index (κ3) is 2.78. The van der Waals surface area contributed by atoms with Crippen molar-refractivity contribution >= 4 is 28.5 Å². The number of aromatic amines is 1. The van der Waals surface area contributed by atoms with Crippen molar-refractivity contribution in [1.29, 1.82) is 0 Å². The van der Waals surface area contributed by atoms with E-state index < -0.39 is 0 Å². The summed E-state index contributed by atoms with van der Waals surface area (Å²) in [4.78, 5) is 6.59. The molecule has 1 fully saturated rings. The molecule has 1 saturated heterocycles. The SMILES string of the molecule is NC1CCCN(c2n[nH]c(-c3ccc(F)cc3I)n2)C1. The molecule has 0 amide bonds. The Morgan fingerprint density at radius 1 is 1.45 bits per heavy atom. The van der Waals surface area contributed by atoms with Crippen LogP contribution >= 0.6 is 22.6 Å². The first-order valence-electron chi connectivity index (χ1n) is 6.52. The van der Waals surface area contributed by atoms with Gasteiger partial charge in [-0.25, -0.2) is 4.39 Å². The highest BCUT2D eigenvalue weighted by Gasteiger charge is 2.20. The van der Waals surface area contributed by atoms with E-state index in [1.165, 1.54) is 12.1 Å². The molecule has 5 nitrogen and oxygen atoms in total. The fourth-order valence-electron chi connectivity index (χ4n) is 2.39. The standard InChI is InChI=1S/C13H15FIN5/c14-8-3-4-10(11(15)6-8)12-17-13(19-18-12)20-5-1-2-9(16)7-20/h3-4,6,9H,1-2,5,7,16H2,(H,17,18,19). The van der Waals surface area contributed by atoms with Gasteiger partial charge in [0.1, 0.15) is 5.82 Å². The van der Waals surface area contributed by atoms with Gasteiger partial charge in [-0.2, -0.15) is 4.98 Å². The Hall–Kier alpha value is -1.22. The molecule has 0 radical (unpaired) electrons. The Kier molecular flexibility index (Phi) is 3.88. The molecule has 20 heavy (non-hydrogen) atoms. The van der Waals surface area contributed by atoms with E-state index in [1.807, 2.05) is 0 Å². The molecule has 1 aromatic carbocycles. The van der Waals surface area contributed by atoms with Crippen molar-refractivity contribution < 1.29 is 4.39 Å². The van der Waals surface area contributed by atoms with Crippen LogP contribution in [-0.2, 0) is 0 Å². The molecule has 2 heterocycles. The van der Waals surface area contributed by atoms with Gasteiger partial charge in [0.15, 0.2) is 5.82 Å². The molecule has 1 aliphatic rings. The van der Waals surface area contributed by atoms with Gasteiger partial charge in [0, 0.05) is 28.3 Å². The highest BCUT2D eigenvalue weighted by Crippen LogP contribution is 2.25. The van der Waals surface area contributed by atoms with E-state index in [-0.39, 0.29) is 11.9 Å². The third-order valence-electron chi connectivity index (χ3n) is 3.40. The Morgan fingerprint density at radius 2 is 2.30 bits per heavy atom. The van der Waals surface area contributed by atoms with Crippen molar-refractivity contribution in [3.8, 4) is 11.4 Å². The summed E-state index contributed by atoms with van der Waals surface area (Å²) in [6, 6.07) is 4.80. The smallest absolute Gasteiger partial charge is 0.245 e. The van der Waals surface area contributed by atoms with E-state index in [0.29, 0.717) is 11.8 Å². The quantitative estimate of drug-likeness (QED) is 0.775. The summed E-state index contributed by atoms with van der Waals surface area (Å²) in [6.07, 6.45) is 2.10. The first kappa shape index (κ1) is 13.7. The summed E-state index contributed by atoms with van der Waals surface area (Å²) in [5.41, 5.74) is 6.82. The molecule has 3 rings (SSSR count). The summed E-state index contributed by atoms with van der Waals surface area (Å²) in [5, 5.41) is 7.18. The van der Waals surface area contributed by atoms with E-state index in [4.69, 9.17) is 5.73 Å². The molecular formula is C13H15FIN5. The second-order valence-electron chi connectivity index (χ2n) is 4.96. The maximum Gasteiger partial charge on any atom is 0.245 e. The van der Waals surface area contributed by atoms with Gasteiger partial charge in [-0.3, -0.25) is 5.10 Å². The molecule has 3 N–H and O–H groups in total. The van der Waals surface area contributed by atoms with Crippen LogP contribution in [-0.4, -0.2) is 34.3 Å². The van der Waals surface area contributed by atoms with Gasteiger partial charge in [0.25, 0.3) is 0 Å². The van der Waals surface area contributed by atoms with Crippen molar-refractivity contribution in [3.05, 3.63) is 27.6 Å². The van der Waals surface area contributed by atoms with E-state index in [2.05, 4.69) is 42.7 Å². The van der Waals surface area contributed by atoms with Crippen LogP contribution in [0.25, 0.3) is 11.4 Å². The van der Waals surface area contributed by atoms with Gasteiger partial charge in [0.2, 0.25) is 5.95 Å². The van der Waals surface area contributed by atoms with Crippen LogP contribution in [0.2, 0.25) is 0 Å². The maximum absolute atomic E-state index is 13.1. The highest BCUT2D eigenvalue weighted by atomic mass is 127. The van der Waals surface area contributed by atoms with Crippen molar-refractivity contribution in [2.45, 2.75) is 18.9 Å². The zero-order valence-electron chi connectivity index (χ0n) is 10.8. The Morgan fingerprint density at radius 3 is 3.05 bits per heavy atom. The molecule has 0 aliphatic carbocycles. The second kappa shape index (κ2) is 5.65. The number of aromatic nitrogens is 3. The molecule has 1 aromatic heterocycles. The summed E-state index contributed by atoms with van der Waals surface area (Å²) in [7, 11) is 0. The van der Waals surface area contributed by atoms with Gasteiger partial charge in [-0.1, -0.05) is 0 Å². The van der Waals surface area contributed by atoms with Crippen molar-refractivity contribution in [1.82, 2.24) is 15.2 Å². The maximum atomic E-state index is 13.1. The number of H-pyrrole nitrogens is 1. The van der Waals surface area contributed by atoms with Gasteiger partial charge >= 0.3 is 0 Å². The first-order chi connectivity index (χ1) is 9.63. The lowest BCUT2D eigenvalue weighted by Crippen LogP contribution is -2.43. The molecule has 0 bridgehead atoms. The Labute approximate surface area is 129 Å². The third-order valence-corrected chi connectivity index (χ3v) is 4.29. The largest absolute Gasteiger partial charge is 0.338 e. The van der Waals surface area contributed by atoms with Crippen LogP contribution in [0.4, 0.5) is 10.3 Å². The number of hydrogen-bond donors (Lipinski definition) is 2. The normalized spacial score (nSPS) is 19.4. The van der Waals surface area contributed by atoms with Gasteiger partial charge in [-0.05, 0) is 53.6 Å². The van der Waals surface area contributed by atoms with E-state index in [9.17, 15) is 4.39 Å². The minimum atomic E-state index is -0.250. The molecule has 106 valence electrons. The first-order valence-corrected chi connectivity index (χ1v) is 7.60. The summed E-state index contributed by atoms with van der Waals surface area (Å²) in [6.45, 7) is 1.70. The molecule has 1 aliphatic heterocycles. The zero-order chi connectivity index (χ0) is 14.1. The zero-order valence-corrected chi connectivity index (χ0v) is 13.0. The van der Waals surface area contributed by atoms with Crippen LogP contribution in [0.5, 0.6) is 0 Å². The average Bonchev–Trinajstić information content (AvgIpc) is 2.88. The molecule has 1 atom stereocenters. The lowest BCUT2D eigenvalue weighted by Gasteiger charge is -2.29. The highest BCUT2D eigenvalue weighted by molar-refractivity contribution is 14.1. The number of nitrogens with one attached hydrogen (secondary N) is 1. The van der Waals surface area contributed by atoms with E-state index in [1.54, 1.807) is 6.07 Å². The van der Waals surface area contributed by atoms with Gasteiger partial charge in [0.05, 0.1) is 0 Å². The van der Waals surface area contributed by atoms with Crippen LogP contribution in [0.1, 0.15) is 12.8 Å². The number of piperidine rings is 1. The fourth-order valence-corrected chi connectivity index (χ4v) is 3.12. The second-order valence-corrected chi connectivity index (χ2v) is 6.12. The van der Waals surface area contributed by atoms with Gasteiger partial charge < -0.3 is 10.6 Å². The molecule has 7 heteroatoms. The predicted molar refractivity (Wildman–Crippen MR) is 83.9 cm³/mol. The van der Waals surface area contributed by atoms with Crippen LogP contribution in [0.3, 0.4) is 0 Å². The minimum absolute atomic E-state index is 0.177. The van der Waals surface area contributed by atoms with Crippen molar-refractivity contribution in [2.24, 2.45) is 5.73 Å². The number of anilines is 1. The summed E-state index contributed by atoms with van der Waals surface area (Å²) >= 11 is 2.10. The van der Waals surface area contributed by atoms with E-state index in [0.717, 1.165) is 35.1 Å². The molecule has 0 spiro atoms. The molecule has 0 saturated carbocycles. The number of nitrogens with zero attached hydrogens (tertiary/aromatic N) is 3. The number of hydrogen-bond acceptors (Lipinski definition) is 4. The number of nitrogens with two attached hydrogens (primary N) is 1. The van der Waals surface area contributed by atoms with Crippen LogP contribution < -0.4 is 10.6 Å². The monoisotopic (exact) mass is 387 g/mol. The lowest BCUT2D eigenvalue weighted by atomic mass is 10.1. The Bertz CT molecular complexity index is 615. The summed E-state index contributed by atoms with van der Waals surface area (Å²) < 4.78 is 13.9. The fraction of sp³-hybridized carbons (Fsp3) is 0.385. The number of benzene rings is 1. The number of halogens is 2. The Balaban J connectivity index is 1.86. The average molecular weight is 387 g/mol. The van der Waals surface area contributed by atoms with Gasteiger partial charge in [-0.15, -0.1) is 5.10 Å². The van der Waals surface area contributed by atoms with Crippen LogP contribution in [0.15, 0.2) is 18.2 Å². The summed E-state index contributed by atoms with van der Waals surface area (Å²) in [5.74, 6) is 1.07. The molecule has 1 unspecified atom stereocenters. The predicted octanol–water partition coefficient (Wildman–Crippen LogP) is 2.14. The topological polar surface area (TPSA) is 70.8 Å². The molecular weight excluding hydrogens is 372 g/mol. The van der Waals surface area contributed by atoms with Crippen molar-refractivity contribution in [2.75, 3.05) is 18.0 Å². The lowest BCUT2D eigenvalue weighted by molar-refractivity contribution is 0.500. The van der Waals surface area contributed by atoms with E-state index >= 15 is 0 Å². The van der Waals surface area contributed by atoms with Crippen molar-refractivity contribution in [3.63, 3.8) is 0 Å². The number of rotatable bonds is 2. The minimum Gasteiger partial charge on any atom is -0.338 e.